The third kappa shape index (κ3) is 0.949. The van der Waals surface area contributed by atoms with E-state index < -0.39 is 0 Å². The molecule has 0 aliphatic rings. The van der Waals surface area contributed by atoms with Crippen molar-refractivity contribution in [3.8, 4) is 0 Å². The molecule has 0 saturated carbocycles. The first-order valence-electron chi connectivity index (χ1n) is 2.97. The van der Waals surface area contributed by atoms with Gasteiger partial charge in [-0.2, -0.15) is 4.09 Å². The first-order valence-corrected chi connectivity index (χ1v) is 4.16. The molecule has 0 N–H and O–H groups in total. The molecular weight excluding hydrogens is 162 g/mol. The fraction of sp³-hybridized carbons (Fsp3) is 0.200. The van der Waals surface area contributed by atoms with Crippen LogP contribution in [0.3, 0.4) is 0 Å². The summed E-state index contributed by atoms with van der Waals surface area (Å²) in [5, 5.41) is 7.67. The first kappa shape index (κ1) is 6.53. The molecule has 0 radical (unpaired) electrons. The lowest BCUT2D eigenvalue weighted by Crippen LogP contribution is -1.87. The average Bonchev–Trinajstić information content (AvgIpc) is 2.47. The van der Waals surface area contributed by atoms with Gasteiger partial charge in [-0.3, -0.25) is 0 Å². The van der Waals surface area contributed by atoms with Crippen LogP contribution in [0.1, 0.15) is 0 Å². The summed E-state index contributed by atoms with van der Waals surface area (Å²) in [7, 11) is 0. The average molecular weight is 167 g/mol. The maximum absolute atomic E-state index is 3.93. The molecule has 0 spiro atoms. The van der Waals surface area contributed by atoms with Crippen molar-refractivity contribution >= 4 is 23.1 Å². The van der Waals surface area contributed by atoms with Crippen LogP contribution in [0.2, 0.25) is 0 Å². The zero-order valence-corrected chi connectivity index (χ0v) is 6.62. The van der Waals surface area contributed by atoms with Crippen molar-refractivity contribution in [2.24, 2.45) is 0 Å². The normalized spacial score (nSPS) is 10.6. The van der Waals surface area contributed by atoms with Crippen LogP contribution >= 0.6 is 11.9 Å². The molecule has 11 heavy (non-hydrogen) atoms. The van der Waals surface area contributed by atoms with E-state index in [1.807, 2.05) is 6.26 Å². The molecule has 0 bridgehead atoms. The molecule has 0 amide bonds. The molecule has 0 fully saturated rings. The fourth-order valence-electron chi connectivity index (χ4n) is 0.794. The topological polar surface area (TPSA) is 56.5 Å². The smallest absolute Gasteiger partial charge is 0.206 e. The Balaban J connectivity index is 2.76. The van der Waals surface area contributed by atoms with Crippen molar-refractivity contribution in [2.45, 2.75) is 0 Å². The molecule has 2 aromatic heterocycles. The Labute approximate surface area is 67.0 Å². The second-order valence-corrected chi connectivity index (χ2v) is 2.59. The van der Waals surface area contributed by atoms with Gasteiger partial charge in [-0.05, 0) is 11.9 Å². The van der Waals surface area contributed by atoms with Gasteiger partial charge in [0.1, 0.15) is 11.8 Å². The number of aromatic nitrogens is 5. The van der Waals surface area contributed by atoms with Gasteiger partial charge in [-0.15, -0.1) is 5.10 Å². The van der Waals surface area contributed by atoms with E-state index in [0.29, 0.717) is 5.65 Å². The van der Waals surface area contributed by atoms with E-state index in [0.717, 1.165) is 5.52 Å². The Morgan fingerprint density at radius 2 is 2.45 bits per heavy atom. The minimum atomic E-state index is 0.634. The van der Waals surface area contributed by atoms with Crippen LogP contribution in [-0.2, 0) is 0 Å². The van der Waals surface area contributed by atoms with Gasteiger partial charge in [-0.1, -0.05) is 5.21 Å². The van der Waals surface area contributed by atoms with Crippen molar-refractivity contribution in [1.29, 1.82) is 0 Å². The lowest BCUT2D eigenvalue weighted by molar-refractivity contribution is 0.909. The lowest BCUT2D eigenvalue weighted by Gasteiger charge is -1.90. The Bertz CT molecular complexity index is 370. The predicted molar refractivity (Wildman–Crippen MR) is 42.0 cm³/mol. The number of hydrogen-bond acceptors (Lipinski definition) is 5. The molecule has 0 aliphatic heterocycles. The highest BCUT2D eigenvalue weighted by atomic mass is 32.2. The highest BCUT2D eigenvalue weighted by Gasteiger charge is 2.02. The Kier molecular flexibility index (Phi) is 1.46. The molecule has 5 nitrogen and oxygen atoms in total. The van der Waals surface area contributed by atoms with Crippen LogP contribution in [-0.4, -0.2) is 30.6 Å². The highest BCUT2D eigenvalue weighted by Crippen LogP contribution is 2.09. The van der Waals surface area contributed by atoms with Gasteiger partial charge in [0, 0.05) is 6.26 Å². The second kappa shape index (κ2) is 2.46. The molecule has 2 rings (SSSR count). The maximum Gasteiger partial charge on any atom is 0.206 e. The van der Waals surface area contributed by atoms with E-state index in [4.69, 9.17) is 0 Å². The SMILES string of the molecule is CSn1nnc2ncncc21. The summed E-state index contributed by atoms with van der Waals surface area (Å²) < 4.78 is 1.68. The van der Waals surface area contributed by atoms with Crippen molar-refractivity contribution in [3.05, 3.63) is 12.5 Å². The number of nitrogens with zero attached hydrogens (tertiary/aromatic N) is 5. The summed E-state index contributed by atoms with van der Waals surface area (Å²) in [6.07, 6.45) is 5.07. The monoisotopic (exact) mass is 167 g/mol. The van der Waals surface area contributed by atoms with Gasteiger partial charge in [0.2, 0.25) is 5.65 Å². The quantitative estimate of drug-likeness (QED) is 0.613. The van der Waals surface area contributed by atoms with E-state index in [-0.39, 0.29) is 0 Å². The van der Waals surface area contributed by atoms with E-state index >= 15 is 0 Å². The summed E-state index contributed by atoms with van der Waals surface area (Å²) in [6.45, 7) is 0. The molecule has 6 heteroatoms. The fourth-order valence-corrected chi connectivity index (χ4v) is 1.23. The van der Waals surface area contributed by atoms with Crippen molar-refractivity contribution in [1.82, 2.24) is 24.4 Å². The Morgan fingerprint density at radius 3 is 3.27 bits per heavy atom. The summed E-state index contributed by atoms with van der Waals surface area (Å²) in [6, 6.07) is 0. The van der Waals surface area contributed by atoms with Gasteiger partial charge in [-0.25, -0.2) is 9.97 Å². The molecule has 2 aromatic rings. The van der Waals surface area contributed by atoms with Gasteiger partial charge in [0.05, 0.1) is 6.20 Å². The summed E-state index contributed by atoms with van der Waals surface area (Å²) >= 11 is 1.47. The molecule has 0 unspecified atom stereocenters. The number of fused-ring (bicyclic) bond motifs is 1. The molecular formula is C5H5N5S. The van der Waals surface area contributed by atoms with Crippen molar-refractivity contribution in [2.75, 3.05) is 6.26 Å². The molecule has 0 atom stereocenters. The second-order valence-electron chi connectivity index (χ2n) is 1.88. The van der Waals surface area contributed by atoms with Crippen LogP contribution in [0.15, 0.2) is 12.5 Å². The van der Waals surface area contributed by atoms with E-state index in [9.17, 15) is 0 Å². The molecule has 2 heterocycles. The van der Waals surface area contributed by atoms with Gasteiger partial charge in [0.15, 0.2) is 0 Å². The molecule has 56 valence electrons. The summed E-state index contributed by atoms with van der Waals surface area (Å²) in [4.78, 5) is 7.80. The molecule has 0 saturated heterocycles. The molecule has 0 aromatic carbocycles. The van der Waals surface area contributed by atoms with Crippen LogP contribution in [0.4, 0.5) is 0 Å². The summed E-state index contributed by atoms with van der Waals surface area (Å²) in [5.41, 5.74) is 1.48. The lowest BCUT2D eigenvalue weighted by atomic mass is 10.6. The van der Waals surface area contributed by atoms with Gasteiger partial charge >= 0.3 is 0 Å². The highest BCUT2D eigenvalue weighted by molar-refractivity contribution is 7.97. The van der Waals surface area contributed by atoms with Crippen LogP contribution < -0.4 is 0 Å². The van der Waals surface area contributed by atoms with Gasteiger partial charge in [0.25, 0.3) is 0 Å². The third-order valence-electron chi connectivity index (χ3n) is 1.27. The Morgan fingerprint density at radius 1 is 1.55 bits per heavy atom. The zero-order chi connectivity index (χ0) is 7.68. The molecule has 0 aliphatic carbocycles. The predicted octanol–water partition coefficient (Wildman–Crippen LogP) is 0.347. The van der Waals surface area contributed by atoms with Crippen LogP contribution in [0, 0.1) is 0 Å². The minimum Gasteiger partial charge on any atom is -0.242 e. The standard InChI is InChI=1S/C5H5N5S/c1-11-10-4-2-6-3-7-5(4)8-9-10/h2-3H,1H3. The van der Waals surface area contributed by atoms with E-state index in [1.165, 1.54) is 18.3 Å². The number of hydrogen-bond donors (Lipinski definition) is 0. The third-order valence-corrected chi connectivity index (χ3v) is 1.89. The van der Waals surface area contributed by atoms with Crippen molar-refractivity contribution < 1.29 is 0 Å². The minimum absolute atomic E-state index is 0.634. The zero-order valence-electron chi connectivity index (χ0n) is 5.80. The van der Waals surface area contributed by atoms with E-state index in [2.05, 4.69) is 20.3 Å². The summed E-state index contributed by atoms with van der Waals surface area (Å²) in [5.74, 6) is 0. The number of rotatable bonds is 1. The van der Waals surface area contributed by atoms with E-state index in [1.54, 1.807) is 10.3 Å². The maximum atomic E-state index is 3.93. The first-order chi connectivity index (χ1) is 5.42. The Hall–Kier alpha value is -1.17. The van der Waals surface area contributed by atoms with Crippen molar-refractivity contribution in [3.63, 3.8) is 0 Å². The largest absolute Gasteiger partial charge is 0.242 e. The van der Waals surface area contributed by atoms with Crippen LogP contribution in [0.25, 0.3) is 11.2 Å². The van der Waals surface area contributed by atoms with Crippen LogP contribution in [0.5, 0.6) is 0 Å². The van der Waals surface area contributed by atoms with Gasteiger partial charge < -0.3 is 0 Å².